The molecule has 1 unspecified atom stereocenters. The van der Waals surface area contributed by atoms with E-state index in [0.29, 0.717) is 25.9 Å². The molecule has 0 aromatic carbocycles. The smallest absolute Gasteiger partial charge is 0.410 e. The number of allylic oxidation sites excluding steroid dienone is 1. The Morgan fingerprint density at radius 1 is 1.29 bits per heavy atom. The Hall–Kier alpha value is -1.52. The van der Waals surface area contributed by atoms with Crippen LogP contribution in [0.4, 0.5) is 4.79 Å². The van der Waals surface area contributed by atoms with Crippen molar-refractivity contribution in [3.05, 3.63) is 12.7 Å². The molecule has 1 aliphatic rings. The highest BCUT2D eigenvalue weighted by Gasteiger charge is 2.46. The number of likely N-dealkylation sites (tertiary alicyclic amines) is 1. The van der Waals surface area contributed by atoms with Crippen molar-refractivity contribution in [3.63, 3.8) is 0 Å². The number of ether oxygens (including phenoxy) is 2. The fourth-order valence-corrected chi connectivity index (χ4v) is 2.69. The Morgan fingerprint density at radius 2 is 1.81 bits per heavy atom. The number of amides is 1. The summed E-state index contributed by atoms with van der Waals surface area (Å²) in [5, 5.41) is 0. The van der Waals surface area contributed by atoms with Crippen LogP contribution >= 0.6 is 0 Å². The fourth-order valence-electron chi connectivity index (χ4n) is 2.69. The lowest BCUT2D eigenvalue weighted by molar-refractivity contribution is -0.158. The van der Waals surface area contributed by atoms with Crippen LogP contribution in [-0.2, 0) is 14.3 Å². The lowest BCUT2D eigenvalue weighted by Gasteiger charge is -2.42. The van der Waals surface area contributed by atoms with E-state index >= 15 is 0 Å². The van der Waals surface area contributed by atoms with Crippen LogP contribution in [0, 0.1) is 11.3 Å². The Bertz CT molecular complexity index is 403. The van der Waals surface area contributed by atoms with Crippen molar-refractivity contribution in [3.8, 4) is 0 Å². The molecule has 0 radical (unpaired) electrons. The van der Waals surface area contributed by atoms with Gasteiger partial charge in [0, 0.05) is 13.1 Å². The van der Waals surface area contributed by atoms with Crippen molar-refractivity contribution < 1.29 is 19.1 Å². The van der Waals surface area contributed by atoms with Crippen LogP contribution in [0.5, 0.6) is 0 Å². The highest BCUT2D eigenvalue weighted by Crippen LogP contribution is 2.40. The minimum Gasteiger partial charge on any atom is -0.469 e. The molecule has 0 spiro atoms. The van der Waals surface area contributed by atoms with Gasteiger partial charge in [-0.2, -0.15) is 0 Å². The van der Waals surface area contributed by atoms with Gasteiger partial charge in [-0.15, -0.1) is 6.58 Å². The predicted molar refractivity (Wildman–Crippen MR) is 80.9 cm³/mol. The molecule has 0 N–H and O–H groups in total. The Labute approximate surface area is 127 Å². The van der Waals surface area contributed by atoms with E-state index in [-0.39, 0.29) is 18.0 Å². The second-order valence-corrected chi connectivity index (χ2v) is 6.64. The quantitative estimate of drug-likeness (QED) is 0.593. The summed E-state index contributed by atoms with van der Waals surface area (Å²) in [6.07, 6.45) is 2.57. The number of piperidine rings is 1. The van der Waals surface area contributed by atoms with Crippen molar-refractivity contribution in [2.75, 3.05) is 20.2 Å². The number of methoxy groups -OCH3 is 1. The lowest BCUT2D eigenvalue weighted by Crippen LogP contribution is -2.50. The van der Waals surface area contributed by atoms with Crippen LogP contribution in [0.3, 0.4) is 0 Å². The maximum Gasteiger partial charge on any atom is 0.410 e. The molecule has 0 bridgehead atoms. The Kier molecular flexibility index (Phi) is 5.42. The highest BCUT2D eigenvalue weighted by molar-refractivity contribution is 5.78. The first kappa shape index (κ1) is 17.5. The van der Waals surface area contributed by atoms with Gasteiger partial charge in [0.25, 0.3) is 0 Å². The number of carbonyl (C=O) groups excluding carboxylic acids is 2. The third-order valence-electron chi connectivity index (χ3n) is 4.12. The van der Waals surface area contributed by atoms with E-state index < -0.39 is 11.0 Å². The monoisotopic (exact) mass is 297 g/mol. The van der Waals surface area contributed by atoms with Gasteiger partial charge in [-0.1, -0.05) is 13.0 Å². The van der Waals surface area contributed by atoms with Crippen LogP contribution in [-0.4, -0.2) is 42.8 Å². The molecule has 1 amide bonds. The van der Waals surface area contributed by atoms with Gasteiger partial charge in [0.05, 0.1) is 12.5 Å². The zero-order valence-corrected chi connectivity index (χ0v) is 13.8. The zero-order valence-electron chi connectivity index (χ0n) is 13.8. The van der Waals surface area contributed by atoms with Crippen molar-refractivity contribution >= 4 is 12.1 Å². The topological polar surface area (TPSA) is 55.8 Å². The molecule has 1 atom stereocenters. The zero-order chi connectivity index (χ0) is 16.3. The van der Waals surface area contributed by atoms with Crippen LogP contribution in [0.25, 0.3) is 0 Å². The van der Waals surface area contributed by atoms with Gasteiger partial charge in [-0.3, -0.25) is 4.79 Å². The molecule has 0 aromatic heterocycles. The first-order chi connectivity index (χ1) is 9.66. The third kappa shape index (κ3) is 3.99. The molecular weight excluding hydrogens is 270 g/mol. The van der Waals surface area contributed by atoms with Gasteiger partial charge in [-0.05, 0) is 39.5 Å². The molecule has 1 aliphatic heterocycles. The summed E-state index contributed by atoms with van der Waals surface area (Å²) in [5.41, 5.74) is -1.10. The second kappa shape index (κ2) is 6.50. The third-order valence-corrected chi connectivity index (χ3v) is 4.12. The van der Waals surface area contributed by atoms with Gasteiger partial charge in [0.1, 0.15) is 5.60 Å². The number of hydrogen-bond donors (Lipinski definition) is 0. The SMILES string of the molecule is C=CC(C)C1(C(=O)OC)CCN(C(=O)OC(C)(C)C)CC1. The lowest BCUT2D eigenvalue weighted by atomic mass is 9.69. The summed E-state index contributed by atoms with van der Waals surface area (Å²) in [6.45, 7) is 12.3. The average molecular weight is 297 g/mol. The summed E-state index contributed by atoms with van der Waals surface area (Å²) >= 11 is 0. The van der Waals surface area contributed by atoms with Gasteiger partial charge in [0.2, 0.25) is 0 Å². The van der Waals surface area contributed by atoms with Crippen molar-refractivity contribution in [1.29, 1.82) is 0 Å². The van der Waals surface area contributed by atoms with Gasteiger partial charge in [-0.25, -0.2) is 4.79 Å². The first-order valence-electron chi connectivity index (χ1n) is 7.35. The molecule has 5 nitrogen and oxygen atoms in total. The molecule has 1 fully saturated rings. The minimum absolute atomic E-state index is 0.00531. The number of nitrogens with zero attached hydrogens (tertiary/aromatic N) is 1. The molecule has 0 aliphatic carbocycles. The van der Waals surface area contributed by atoms with Crippen LogP contribution < -0.4 is 0 Å². The van der Waals surface area contributed by atoms with Crippen LogP contribution in [0.15, 0.2) is 12.7 Å². The summed E-state index contributed by atoms with van der Waals surface area (Å²) in [6, 6.07) is 0. The van der Waals surface area contributed by atoms with E-state index in [4.69, 9.17) is 9.47 Å². The molecule has 1 heterocycles. The summed E-state index contributed by atoms with van der Waals surface area (Å²) in [4.78, 5) is 25.9. The van der Waals surface area contributed by atoms with Crippen molar-refractivity contribution in [2.45, 2.75) is 46.1 Å². The minimum atomic E-state index is -0.588. The number of esters is 1. The average Bonchev–Trinajstić information content (AvgIpc) is 2.43. The van der Waals surface area contributed by atoms with Gasteiger partial charge < -0.3 is 14.4 Å². The number of carbonyl (C=O) groups is 2. The molecular formula is C16H27NO4. The molecule has 0 saturated carbocycles. The summed E-state index contributed by atoms with van der Waals surface area (Å²) in [7, 11) is 1.40. The Morgan fingerprint density at radius 3 is 2.19 bits per heavy atom. The predicted octanol–water partition coefficient (Wildman–Crippen LogP) is 3.00. The van der Waals surface area contributed by atoms with Crippen molar-refractivity contribution in [2.24, 2.45) is 11.3 Å². The highest BCUT2D eigenvalue weighted by atomic mass is 16.6. The van der Waals surface area contributed by atoms with E-state index in [1.165, 1.54) is 7.11 Å². The van der Waals surface area contributed by atoms with E-state index in [1.54, 1.807) is 11.0 Å². The van der Waals surface area contributed by atoms with E-state index in [1.807, 2.05) is 27.7 Å². The Balaban J connectivity index is 2.77. The van der Waals surface area contributed by atoms with Gasteiger partial charge in [0.15, 0.2) is 0 Å². The molecule has 21 heavy (non-hydrogen) atoms. The van der Waals surface area contributed by atoms with E-state index in [2.05, 4.69) is 6.58 Å². The summed E-state index contributed by atoms with van der Waals surface area (Å²) < 4.78 is 10.3. The van der Waals surface area contributed by atoms with E-state index in [0.717, 1.165) is 0 Å². The largest absolute Gasteiger partial charge is 0.469 e. The first-order valence-corrected chi connectivity index (χ1v) is 7.35. The molecule has 1 saturated heterocycles. The van der Waals surface area contributed by atoms with E-state index in [9.17, 15) is 9.59 Å². The molecule has 120 valence electrons. The van der Waals surface area contributed by atoms with Crippen LogP contribution in [0.2, 0.25) is 0 Å². The van der Waals surface area contributed by atoms with Crippen LogP contribution in [0.1, 0.15) is 40.5 Å². The maximum absolute atomic E-state index is 12.2. The van der Waals surface area contributed by atoms with Crippen molar-refractivity contribution in [1.82, 2.24) is 4.90 Å². The summed E-state index contributed by atoms with van der Waals surface area (Å²) in [5.74, 6) is -0.218. The second-order valence-electron chi connectivity index (χ2n) is 6.64. The standard InChI is InChI=1S/C16H27NO4/c1-7-12(2)16(13(18)20-6)8-10-17(11-9-16)14(19)21-15(3,4)5/h7,12H,1,8-11H2,2-6H3. The molecule has 0 aromatic rings. The van der Waals surface area contributed by atoms with Gasteiger partial charge >= 0.3 is 12.1 Å². The fraction of sp³-hybridized carbons (Fsp3) is 0.750. The normalized spacial score (nSPS) is 19.6. The molecule has 1 rings (SSSR count). The maximum atomic E-state index is 12.2. The number of rotatable bonds is 3. The molecule has 5 heteroatoms. The number of hydrogen-bond acceptors (Lipinski definition) is 4.